The van der Waals surface area contributed by atoms with Crippen molar-refractivity contribution in [2.24, 2.45) is 0 Å². The normalized spacial score (nSPS) is 20.6. The van der Waals surface area contributed by atoms with Gasteiger partial charge in [-0.3, -0.25) is 4.98 Å². The van der Waals surface area contributed by atoms with Crippen molar-refractivity contribution in [3.05, 3.63) is 36.4 Å². The van der Waals surface area contributed by atoms with E-state index in [9.17, 15) is 13.5 Å². The molecule has 3 aromatic rings. The van der Waals surface area contributed by atoms with Crippen LogP contribution in [0.5, 0.6) is 0 Å². The molecule has 0 aromatic carbocycles. The first-order valence-electron chi connectivity index (χ1n) is 10.7. The van der Waals surface area contributed by atoms with Crippen LogP contribution >= 0.6 is 0 Å². The average Bonchev–Trinajstić information content (AvgIpc) is 3.12. The summed E-state index contributed by atoms with van der Waals surface area (Å²) in [6.07, 6.45) is 10.0. The molecule has 1 saturated carbocycles. The number of pyridine rings is 1. The number of hydrogen-bond donors (Lipinski definition) is 2. The second-order valence-electron chi connectivity index (χ2n) is 8.50. The number of aromatic nitrogens is 4. The fourth-order valence-corrected chi connectivity index (χ4v) is 4.66. The second kappa shape index (κ2) is 8.55. The Morgan fingerprint density at radius 3 is 2.61 bits per heavy atom. The zero-order valence-corrected chi connectivity index (χ0v) is 18.9. The van der Waals surface area contributed by atoms with Crippen molar-refractivity contribution in [1.29, 1.82) is 0 Å². The van der Waals surface area contributed by atoms with Gasteiger partial charge in [0, 0.05) is 47.4 Å². The Morgan fingerprint density at radius 2 is 1.94 bits per heavy atom. The van der Waals surface area contributed by atoms with E-state index in [0.29, 0.717) is 11.5 Å². The molecule has 0 spiro atoms. The lowest BCUT2D eigenvalue weighted by Crippen LogP contribution is -2.19. The van der Waals surface area contributed by atoms with Crippen LogP contribution in [0.1, 0.15) is 57.6 Å². The van der Waals surface area contributed by atoms with Crippen molar-refractivity contribution in [2.45, 2.75) is 68.9 Å². The molecule has 1 atom stereocenters. The highest BCUT2D eigenvalue weighted by molar-refractivity contribution is 7.90. The third kappa shape index (κ3) is 4.57. The minimum absolute atomic E-state index is 0.183. The highest BCUT2D eigenvalue weighted by Crippen LogP contribution is 2.37. The first kappa shape index (κ1) is 21.7. The van der Waals surface area contributed by atoms with Crippen LogP contribution in [0.3, 0.4) is 0 Å². The summed E-state index contributed by atoms with van der Waals surface area (Å²) in [7, 11) is -3.37. The van der Waals surface area contributed by atoms with Crippen LogP contribution in [-0.2, 0) is 9.84 Å². The van der Waals surface area contributed by atoms with Crippen molar-refractivity contribution < 1.29 is 13.5 Å². The van der Waals surface area contributed by atoms with Crippen LogP contribution in [0.15, 0.2) is 35.6 Å². The average molecular weight is 444 g/mol. The van der Waals surface area contributed by atoms with Gasteiger partial charge in [0.1, 0.15) is 0 Å². The topological polar surface area (TPSA) is 109 Å². The van der Waals surface area contributed by atoms with Gasteiger partial charge < -0.3 is 10.4 Å². The molecule has 9 heteroatoms. The Labute approximate surface area is 182 Å². The fraction of sp³-hybridized carbons (Fsp3) is 0.500. The quantitative estimate of drug-likeness (QED) is 0.601. The molecule has 3 aromatic heterocycles. The summed E-state index contributed by atoms with van der Waals surface area (Å²) >= 11 is 0. The van der Waals surface area contributed by atoms with Gasteiger partial charge in [-0.05, 0) is 51.2 Å². The van der Waals surface area contributed by atoms with Gasteiger partial charge in [0.25, 0.3) is 0 Å². The number of rotatable bonds is 6. The fourth-order valence-electron chi connectivity index (χ4n) is 4.07. The molecule has 1 aliphatic carbocycles. The molecule has 0 amide bonds. The van der Waals surface area contributed by atoms with E-state index in [1.807, 2.05) is 4.52 Å². The third-order valence-electron chi connectivity index (χ3n) is 6.10. The lowest BCUT2D eigenvalue weighted by Gasteiger charge is -2.25. The lowest BCUT2D eigenvalue weighted by atomic mass is 9.85. The Hall–Kier alpha value is -2.52. The minimum atomic E-state index is -3.37. The third-order valence-corrected chi connectivity index (χ3v) is 7.18. The SMILES string of the molecule is CC[C@H](C)Nc1ncc2c(-c3cncc(S(C)(=O)=O)c3)cc([C@H]3CC[C@H](O)CC3)n2n1. The summed E-state index contributed by atoms with van der Waals surface area (Å²) in [4.78, 5) is 8.84. The van der Waals surface area contributed by atoms with E-state index in [0.717, 1.165) is 48.9 Å². The molecule has 0 radical (unpaired) electrons. The molecule has 0 aliphatic heterocycles. The van der Waals surface area contributed by atoms with Crippen LogP contribution in [-0.4, -0.2) is 51.5 Å². The molecule has 0 saturated heterocycles. The Bertz CT molecular complexity index is 1180. The van der Waals surface area contributed by atoms with E-state index in [1.165, 1.54) is 12.5 Å². The summed E-state index contributed by atoms with van der Waals surface area (Å²) in [5.41, 5.74) is 3.43. The smallest absolute Gasteiger partial charge is 0.241 e. The monoisotopic (exact) mass is 443 g/mol. The molecule has 1 aliphatic rings. The zero-order chi connectivity index (χ0) is 22.2. The van der Waals surface area contributed by atoms with Crippen LogP contribution in [0.2, 0.25) is 0 Å². The van der Waals surface area contributed by atoms with Gasteiger partial charge in [-0.15, -0.1) is 5.10 Å². The Balaban J connectivity index is 1.84. The molecule has 1 fully saturated rings. The van der Waals surface area contributed by atoms with E-state index in [2.05, 4.69) is 35.2 Å². The van der Waals surface area contributed by atoms with Crippen LogP contribution in [0, 0.1) is 0 Å². The van der Waals surface area contributed by atoms with Crippen molar-refractivity contribution in [3.8, 4) is 11.1 Å². The summed E-state index contributed by atoms with van der Waals surface area (Å²) in [6, 6.07) is 3.97. The van der Waals surface area contributed by atoms with E-state index < -0.39 is 9.84 Å². The van der Waals surface area contributed by atoms with Crippen molar-refractivity contribution in [3.63, 3.8) is 0 Å². The highest BCUT2D eigenvalue weighted by Gasteiger charge is 2.26. The number of fused-ring (bicyclic) bond motifs is 1. The molecule has 166 valence electrons. The Kier molecular flexibility index (Phi) is 5.98. The van der Waals surface area contributed by atoms with Crippen molar-refractivity contribution >= 4 is 21.3 Å². The molecular weight excluding hydrogens is 414 g/mol. The number of aliphatic hydroxyl groups is 1. The molecule has 3 heterocycles. The highest BCUT2D eigenvalue weighted by atomic mass is 32.2. The summed E-state index contributed by atoms with van der Waals surface area (Å²) in [6.45, 7) is 4.19. The maximum absolute atomic E-state index is 12.0. The predicted molar refractivity (Wildman–Crippen MR) is 120 cm³/mol. The number of nitrogens with one attached hydrogen (secondary N) is 1. The van der Waals surface area contributed by atoms with Gasteiger partial charge in [-0.25, -0.2) is 17.9 Å². The standard InChI is InChI=1S/C22H29N5O3S/c1-4-14(2)25-22-24-13-21-19(16-9-18(12-23-11-16)31(3,29)30)10-20(27(21)26-22)15-5-7-17(28)8-6-15/h9-15,17,28H,4-8H2,1-3H3,(H,25,26)/t14-,15-,17-/m0/s1. The van der Waals surface area contributed by atoms with Gasteiger partial charge in [0.05, 0.1) is 22.7 Å². The van der Waals surface area contributed by atoms with E-state index in [1.54, 1.807) is 18.5 Å². The maximum atomic E-state index is 12.0. The summed E-state index contributed by atoms with van der Waals surface area (Å²) in [5, 5.41) is 18.0. The predicted octanol–water partition coefficient (Wildman–Crippen LogP) is 3.42. The second-order valence-corrected chi connectivity index (χ2v) is 10.5. The number of aliphatic hydroxyl groups excluding tert-OH is 1. The molecule has 31 heavy (non-hydrogen) atoms. The lowest BCUT2D eigenvalue weighted by molar-refractivity contribution is 0.121. The van der Waals surface area contributed by atoms with Crippen LogP contribution < -0.4 is 5.32 Å². The molecule has 0 bridgehead atoms. The molecule has 4 rings (SSSR count). The number of hydrogen-bond acceptors (Lipinski definition) is 7. The van der Waals surface area contributed by atoms with Crippen LogP contribution in [0.4, 0.5) is 5.95 Å². The van der Waals surface area contributed by atoms with E-state index >= 15 is 0 Å². The van der Waals surface area contributed by atoms with Crippen LogP contribution in [0.25, 0.3) is 16.6 Å². The first-order chi connectivity index (χ1) is 14.8. The number of nitrogens with zero attached hydrogens (tertiary/aromatic N) is 4. The van der Waals surface area contributed by atoms with Gasteiger partial charge in [0.15, 0.2) is 9.84 Å². The van der Waals surface area contributed by atoms with Gasteiger partial charge >= 0.3 is 0 Å². The maximum Gasteiger partial charge on any atom is 0.241 e. The Morgan fingerprint density at radius 1 is 1.19 bits per heavy atom. The summed E-state index contributed by atoms with van der Waals surface area (Å²) in [5.74, 6) is 0.825. The molecule has 8 nitrogen and oxygen atoms in total. The van der Waals surface area contributed by atoms with Crippen molar-refractivity contribution in [2.75, 3.05) is 11.6 Å². The first-order valence-corrected chi connectivity index (χ1v) is 12.6. The van der Waals surface area contributed by atoms with E-state index in [-0.39, 0.29) is 23.0 Å². The minimum Gasteiger partial charge on any atom is -0.393 e. The van der Waals surface area contributed by atoms with Crippen molar-refractivity contribution in [1.82, 2.24) is 19.6 Å². The zero-order valence-electron chi connectivity index (χ0n) is 18.1. The van der Waals surface area contributed by atoms with Gasteiger partial charge in [-0.2, -0.15) is 0 Å². The number of anilines is 1. The summed E-state index contributed by atoms with van der Waals surface area (Å²) < 4.78 is 26.0. The van der Waals surface area contributed by atoms with E-state index in [4.69, 9.17) is 5.10 Å². The molecule has 2 N–H and O–H groups in total. The van der Waals surface area contributed by atoms with Gasteiger partial charge in [0.2, 0.25) is 5.95 Å². The largest absolute Gasteiger partial charge is 0.393 e. The number of sulfone groups is 1. The molecular formula is C22H29N5O3S. The van der Waals surface area contributed by atoms with Gasteiger partial charge in [-0.1, -0.05) is 6.92 Å². The molecule has 0 unspecified atom stereocenters.